The Labute approximate surface area is 164 Å². The van der Waals surface area contributed by atoms with Gasteiger partial charge in [0.15, 0.2) is 0 Å². The maximum absolute atomic E-state index is 12.5. The normalized spacial score (nSPS) is 10.9. The minimum atomic E-state index is -0.146. The standard InChI is InChI=1S/C18H13Cl3N2OS/c1-10-3-5-13(6-4-10)25-18(24)16-7-11(2)23(22-16)17-14(20)8-12(19)9-15(17)21/h3-9H,1-2H3. The second-order valence-corrected chi connectivity index (χ2v) is 7.80. The topological polar surface area (TPSA) is 34.9 Å². The molecule has 0 saturated heterocycles. The van der Waals surface area contributed by atoms with E-state index in [9.17, 15) is 4.79 Å². The molecule has 7 heteroatoms. The van der Waals surface area contributed by atoms with Crippen molar-refractivity contribution in [2.24, 2.45) is 0 Å². The lowest BCUT2D eigenvalue weighted by Crippen LogP contribution is -2.03. The summed E-state index contributed by atoms with van der Waals surface area (Å²) in [6.07, 6.45) is 0. The van der Waals surface area contributed by atoms with Gasteiger partial charge < -0.3 is 0 Å². The molecule has 2 aromatic carbocycles. The van der Waals surface area contributed by atoms with Crippen LogP contribution in [0.5, 0.6) is 0 Å². The molecule has 0 radical (unpaired) electrons. The number of aromatic nitrogens is 2. The number of rotatable bonds is 3. The van der Waals surface area contributed by atoms with Gasteiger partial charge in [0.2, 0.25) is 5.12 Å². The smallest absolute Gasteiger partial charge is 0.244 e. The Balaban J connectivity index is 1.92. The van der Waals surface area contributed by atoms with Crippen LogP contribution in [0.1, 0.15) is 21.7 Å². The molecule has 3 aromatic rings. The summed E-state index contributed by atoms with van der Waals surface area (Å²) < 4.78 is 1.56. The third kappa shape index (κ3) is 4.04. The molecule has 0 aliphatic heterocycles. The quantitative estimate of drug-likeness (QED) is 0.469. The number of aryl methyl sites for hydroxylation is 2. The summed E-state index contributed by atoms with van der Waals surface area (Å²) in [7, 11) is 0. The van der Waals surface area contributed by atoms with Crippen molar-refractivity contribution < 1.29 is 4.79 Å². The average Bonchev–Trinajstić information content (AvgIpc) is 2.90. The summed E-state index contributed by atoms with van der Waals surface area (Å²) in [6.45, 7) is 3.84. The highest BCUT2D eigenvalue weighted by Gasteiger charge is 2.18. The number of nitrogens with zero attached hydrogens (tertiary/aromatic N) is 2. The van der Waals surface area contributed by atoms with Gasteiger partial charge in [0.05, 0.1) is 10.0 Å². The average molecular weight is 412 g/mol. The first kappa shape index (κ1) is 18.3. The molecule has 1 aromatic heterocycles. The fourth-order valence-corrected chi connectivity index (χ4v) is 3.97. The van der Waals surface area contributed by atoms with Crippen LogP contribution in [0.4, 0.5) is 0 Å². The summed E-state index contributed by atoms with van der Waals surface area (Å²) in [6, 6.07) is 12.6. The Bertz CT molecular complexity index is 928. The highest BCUT2D eigenvalue weighted by atomic mass is 35.5. The molecular formula is C18H13Cl3N2OS. The number of carbonyl (C=O) groups excluding carboxylic acids is 1. The molecule has 0 bridgehead atoms. The molecule has 0 aliphatic rings. The van der Waals surface area contributed by atoms with Crippen molar-refractivity contribution in [1.29, 1.82) is 0 Å². The summed E-state index contributed by atoms with van der Waals surface area (Å²) >= 11 is 19.6. The van der Waals surface area contributed by atoms with E-state index in [1.54, 1.807) is 22.9 Å². The molecule has 0 amide bonds. The maximum Gasteiger partial charge on any atom is 0.244 e. The fourth-order valence-electron chi connectivity index (χ4n) is 2.30. The lowest BCUT2D eigenvalue weighted by Gasteiger charge is -2.09. The van der Waals surface area contributed by atoms with Gasteiger partial charge in [-0.25, -0.2) is 4.68 Å². The van der Waals surface area contributed by atoms with Crippen molar-refractivity contribution in [3.05, 3.63) is 74.5 Å². The second kappa shape index (κ2) is 7.42. The maximum atomic E-state index is 12.5. The van der Waals surface area contributed by atoms with Crippen LogP contribution < -0.4 is 0 Å². The summed E-state index contributed by atoms with van der Waals surface area (Å²) in [5, 5.41) is 5.41. The van der Waals surface area contributed by atoms with Crippen LogP contribution in [0, 0.1) is 13.8 Å². The van der Waals surface area contributed by atoms with Gasteiger partial charge >= 0.3 is 0 Å². The molecule has 0 N–H and O–H groups in total. The summed E-state index contributed by atoms with van der Waals surface area (Å²) in [4.78, 5) is 13.4. The number of carbonyl (C=O) groups is 1. The van der Waals surface area contributed by atoms with Gasteiger partial charge in [-0.3, -0.25) is 4.79 Å². The fraction of sp³-hybridized carbons (Fsp3) is 0.111. The van der Waals surface area contributed by atoms with Gasteiger partial charge in [0.25, 0.3) is 0 Å². The zero-order valence-electron chi connectivity index (χ0n) is 13.4. The van der Waals surface area contributed by atoms with E-state index in [2.05, 4.69) is 5.10 Å². The molecular weight excluding hydrogens is 399 g/mol. The van der Waals surface area contributed by atoms with Crippen LogP contribution >= 0.6 is 46.6 Å². The second-order valence-electron chi connectivity index (χ2n) is 5.50. The molecule has 25 heavy (non-hydrogen) atoms. The van der Waals surface area contributed by atoms with Gasteiger partial charge in [-0.05, 0) is 55.9 Å². The van der Waals surface area contributed by atoms with Crippen LogP contribution in [0.3, 0.4) is 0 Å². The molecule has 3 nitrogen and oxygen atoms in total. The monoisotopic (exact) mass is 410 g/mol. The molecule has 3 rings (SSSR count). The Morgan fingerprint density at radius 1 is 1.00 bits per heavy atom. The zero-order chi connectivity index (χ0) is 18.1. The highest BCUT2D eigenvalue weighted by molar-refractivity contribution is 8.14. The number of benzene rings is 2. The number of hydrogen-bond donors (Lipinski definition) is 0. The van der Waals surface area contributed by atoms with Gasteiger partial charge in [-0.1, -0.05) is 52.5 Å². The van der Waals surface area contributed by atoms with Crippen LogP contribution in [-0.2, 0) is 0 Å². The zero-order valence-corrected chi connectivity index (χ0v) is 16.5. The van der Waals surface area contributed by atoms with Gasteiger partial charge in [0, 0.05) is 15.6 Å². The highest BCUT2D eigenvalue weighted by Crippen LogP contribution is 2.33. The lowest BCUT2D eigenvalue weighted by atomic mass is 10.2. The number of thioether (sulfide) groups is 1. The van der Waals surface area contributed by atoms with Crippen LogP contribution in [0.2, 0.25) is 15.1 Å². The van der Waals surface area contributed by atoms with Crippen LogP contribution in [-0.4, -0.2) is 14.9 Å². The first-order chi connectivity index (χ1) is 11.8. The van der Waals surface area contributed by atoms with Crippen molar-refractivity contribution in [3.8, 4) is 5.69 Å². The van der Waals surface area contributed by atoms with Crippen molar-refractivity contribution in [2.75, 3.05) is 0 Å². The molecule has 0 aliphatic carbocycles. The van der Waals surface area contributed by atoms with Gasteiger partial charge in [-0.15, -0.1) is 0 Å². The van der Waals surface area contributed by atoms with Gasteiger partial charge in [-0.2, -0.15) is 5.10 Å². The first-order valence-corrected chi connectivity index (χ1v) is 9.30. The van der Waals surface area contributed by atoms with Crippen molar-refractivity contribution in [1.82, 2.24) is 9.78 Å². The van der Waals surface area contributed by atoms with E-state index in [0.29, 0.717) is 26.4 Å². The van der Waals surface area contributed by atoms with Crippen molar-refractivity contribution >= 4 is 51.7 Å². The van der Waals surface area contributed by atoms with E-state index in [-0.39, 0.29) is 5.12 Å². The lowest BCUT2D eigenvalue weighted by molar-refractivity contribution is 0.108. The van der Waals surface area contributed by atoms with Crippen LogP contribution in [0.15, 0.2) is 47.4 Å². The molecule has 0 fully saturated rings. The van der Waals surface area contributed by atoms with E-state index in [4.69, 9.17) is 34.8 Å². The van der Waals surface area contributed by atoms with E-state index >= 15 is 0 Å². The summed E-state index contributed by atoms with van der Waals surface area (Å²) in [5.74, 6) is 0. The number of halogens is 3. The predicted octanol–water partition coefficient (Wildman–Crippen LogP) is 6.38. The van der Waals surface area contributed by atoms with Crippen molar-refractivity contribution in [2.45, 2.75) is 18.7 Å². The Morgan fingerprint density at radius 2 is 1.60 bits per heavy atom. The SMILES string of the molecule is Cc1ccc(SC(=O)c2cc(C)n(-c3c(Cl)cc(Cl)cc3Cl)n2)cc1. The Kier molecular flexibility index (Phi) is 5.44. The predicted molar refractivity (Wildman–Crippen MR) is 105 cm³/mol. The third-order valence-electron chi connectivity index (χ3n) is 3.52. The minimum Gasteiger partial charge on any atom is -0.279 e. The molecule has 0 saturated carbocycles. The van der Waals surface area contributed by atoms with E-state index in [1.807, 2.05) is 38.1 Å². The Morgan fingerprint density at radius 3 is 2.20 bits per heavy atom. The summed E-state index contributed by atoms with van der Waals surface area (Å²) in [5.41, 5.74) is 2.73. The van der Waals surface area contributed by atoms with Crippen molar-refractivity contribution in [3.63, 3.8) is 0 Å². The third-order valence-corrected chi connectivity index (χ3v) is 5.22. The first-order valence-electron chi connectivity index (χ1n) is 7.35. The largest absolute Gasteiger partial charge is 0.279 e. The van der Waals surface area contributed by atoms with Gasteiger partial charge in [0.1, 0.15) is 11.4 Å². The molecule has 128 valence electrons. The molecule has 1 heterocycles. The minimum absolute atomic E-state index is 0.146. The molecule has 0 spiro atoms. The van der Waals surface area contributed by atoms with E-state index in [0.717, 1.165) is 27.9 Å². The Hall–Kier alpha value is -1.46. The van der Waals surface area contributed by atoms with E-state index < -0.39 is 0 Å². The number of hydrogen-bond acceptors (Lipinski definition) is 3. The van der Waals surface area contributed by atoms with E-state index in [1.165, 1.54) is 0 Å². The molecule has 0 atom stereocenters. The molecule has 0 unspecified atom stereocenters. The van der Waals surface area contributed by atoms with Crippen LogP contribution in [0.25, 0.3) is 5.69 Å².